The summed E-state index contributed by atoms with van der Waals surface area (Å²) in [6.45, 7) is 8.45. The molecule has 0 aliphatic carbocycles. The highest BCUT2D eigenvalue weighted by molar-refractivity contribution is 9.25. The lowest BCUT2D eigenvalue weighted by molar-refractivity contribution is 0.0981. The van der Waals surface area contributed by atoms with Gasteiger partial charge >= 0.3 is 0 Å². The molecule has 0 heterocycles. The van der Waals surface area contributed by atoms with Gasteiger partial charge in [-0.05, 0) is 17.4 Å². The molecule has 0 aliphatic heterocycles. The predicted octanol–water partition coefficient (Wildman–Crippen LogP) is 5.06. The molecule has 0 aromatic heterocycles. The minimum absolute atomic E-state index is 0.0699. The van der Waals surface area contributed by atoms with E-state index in [-0.39, 0.29) is 11.2 Å². The first-order chi connectivity index (χ1) is 7.68. The molecule has 0 fully saturated rings. The topological polar surface area (TPSA) is 17.1 Å². The summed E-state index contributed by atoms with van der Waals surface area (Å²) in [6, 6.07) is 7.85. The summed E-state index contributed by atoms with van der Waals surface area (Å²) in [6.07, 6.45) is 0.701. The lowest BCUT2D eigenvalue weighted by Crippen LogP contribution is -2.24. The van der Waals surface area contributed by atoms with Gasteiger partial charge in [-0.2, -0.15) is 0 Å². The first kappa shape index (κ1) is 14.9. The Balaban J connectivity index is 3.00. The number of alkyl halides is 2. The maximum absolute atomic E-state index is 12.2. The second kappa shape index (κ2) is 5.23. The molecule has 3 heteroatoms. The van der Waals surface area contributed by atoms with E-state index in [0.29, 0.717) is 6.42 Å². The van der Waals surface area contributed by atoms with Gasteiger partial charge in [0.25, 0.3) is 0 Å². The molecule has 1 rings (SSSR count). The highest BCUT2D eigenvalue weighted by Gasteiger charge is 2.31. The van der Waals surface area contributed by atoms with Crippen LogP contribution >= 0.6 is 31.9 Å². The highest BCUT2D eigenvalue weighted by atomic mass is 79.9. The van der Waals surface area contributed by atoms with Gasteiger partial charge in [-0.15, -0.1) is 0 Å². The highest BCUT2D eigenvalue weighted by Crippen LogP contribution is 2.34. The van der Waals surface area contributed by atoms with E-state index in [9.17, 15) is 4.79 Å². The zero-order valence-electron chi connectivity index (χ0n) is 10.7. The molecular weight excluding hydrogens is 344 g/mol. The SMILES string of the molecule is CCC(Br)(Br)C(=O)c1ccc(C(C)(C)C)cc1. The normalized spacial score (nSPS) is 12.6. The predicted molar refractivity (Wildman–Crippen MR) is 80.3 cm³/mol. The number of benzene rings is 1. The molecule has 0 spiro atoms. The number of rotatable bonds is 3. The van der Waals surface area contributed by atoms with Crippen LogP contribution in [0.1, 0.15) is 50.0 Å². The van der Waals surface area contributed by atoms with Gasteiger partial charge in [0.15, 0.2) is 5.78 Å². The summed E-state index contributed by atoms with van der Waals surface area (Å²) in [5, 5.41) is 0. The fourth-order valence-electron chi connectivity index (χ4n) is 1.49. The number of hydrogen-bond donors (Lipinski definition) is 0. The Morgan fingerprint density at radius 1 is 1.12 bits per heavy atom. The maximum atomic E-state index is 12.2. The Morgan fingerprint density at radius 3 is 1.94 bits per heavy atom. The molecule has 1 aromatic carbocycles. The van der Waals surface area contributed by atoms with Gasteiger partial charge in [0, 0.05) is 5.56 Å². The average Bonchev–Trinajstić information content (AvgIpc) is 2.27. The van der Waals surface area contributed by atoms with E-state index in [1.54, 1.807) is 0 Å². The summed E-state index contributed by atoms with van der Waals surface area (Å²) < 4.78 is -0.636. The van der Waals surface area contributed by atoms with Crippen molar-refractivity contribution in [2.45, 2.75) is 42.8 Å². The molecule has 0 unspecified atom stereocenters. The van der Waals surface area contributed by atoms with Crippen LogP contribution in [0.4, 0.5) is 0 Å². The molecule has 94 valence electrons. The molecule has 0 N–H and O–H groups in total. The van der Waals surface area contributed by atoms with Gasteiger partial charge in [0.05, 0.1) is 0 Å². The van der Waals surface area contributed by atoms with Gasteiger partial charge in [0.2, 0.25) is 0 Å². The number of ketones is 1. The van der Waals surface area contributed by atoms with Crippen LogP contribution < -0.4 is 0 Å². The molecule has 1 aromatic rings. The number of halogens is 2. The van der Waals surface area contributed by atoms with Crippen molar-refractivity contribution in [3.05, 3.63) is 35.4 Å². The van der Waals surface area contributed by atoms with Crippen LogP contribution in [-0.4, -0.2) is 9.02 Å². The summed E-state index contributed by atoms with van der Waals surface area (Å²) in [5.74, 6) is 0.0699. The van der Waals surface area contributed by atoms with Crippen molar-refractivity contribution in [2.75, 3.05) is 0 Å². The summed E-state index contributed by atoms with van der Waals surface area (Å²) in [5.41, 5.74) is 2.08. The first-order valence-corrected chi connectivity index (χ1v) is 7.30. The van der Waals surface area contributed by atoms with Crippen LogP contribution in [0.15, 0.2) is 24.3 Å². The van der Waals surface area contributed by atoms with Crippen molar-refractivity contribution in [3.8, 4) is 0 Å². The third kappa shape index (κ3) is 3.65. The second-order valence-electron chi connectivity index (χ2n) is 5.21. The third-order valence-electron chi connectivity index (χ3n) is 2.79. The van der Waals surface area contributed by atoms with Crippen molar-refractivity contribution in [3.63, 3.8) is 0 Å². The van der Waals surface area contributed by atoms with Crippen molar-refractivity contribution in [1.29, 1.82) is 0 Å². The monoisotopic (exact) mass is 360 g/mol. The summed E-state index contributed by atoms with van der Waals surface area (Å²) in [7, 11) is 0. The van der Waals surface area contributed by atoms with Crippen LogP contribution in [0.5, 0.6) is 0 Å². The zero-order chi connectivity index (χ0) is 13.3. The fourth-order valence-corrected chi connectivity index (χ4v) is 1.95. The molecule has 0 bridgehead atoms. The minimum Gasteiger partial charge on any atom is -0.292 e. The quantitative estimate of drug-likeness (QED) is 0.543. The molecule has 0 saturated carbocycles. The average molecular weight is 362 g/mol. The molecule has 0 aliphatic rings. The maximum Gasteiger partial charge on any atom is 0.190 e. The van der Waals surface area contributed by atoms with E-state index in [1.807, 2.05) is 31.2 Å². The second-order valence-corrected chi connectivity index (χ2v) is 8.99. The standard InChI is InChI=1S/C14H18Br2O/c1-5-14(15,16)12(17)10-6-8-11(9-7-10)13(2,3)4/h6-9H,5H2,1-4H3. The van der Waals surface area contributed by atoms with Gasteiger partial charge in [-0.3, -0.25) is 4.79 Å². The van der Waals surface area contributed by atoms with E-state index < -0.39 is 3.23 Å². The lowest BCUT2D eigenvalue weighted by atomic mass is 9.86. The molecule has 0 amide bonds. The van der Waals surface area contributed by atoms with Crippen LogP contribution in [0.3, 0.4) is 0 Å². The van der Waals surface area contributed by atoms with E-state index in [1.165, 1.54) is 5.56 Å². The number of Topliss-reactive ketones (excluding diaryl/α,β-unsaturated/α-hetero) is 1. The Kier molecular flexibility index (Phi) is 4.59. The van der Waals surface area contributed by atoms with Crippen molar-refractivity contribution < 1.29 is 4.79 Å². The van der Waals surface area contributed by atoms with Crippen LogP contribution in [0.25, 0.3) is 0 Å². The zero-order valence-corrected chi connectivity index (χ0v) is 13.9. The smallest absolute Gasteiger partial charge is 0.190 e. The molecule has 1 nitrogen and oxygen atoms in total. The van der Waals surface area contributed by atoms with Crippen molar-refractivity contribution in [1.82, 2.24) is 0 Å². The van der Waals surface area contributed by atoms with E-state index >= 15 is 0 Å². The Hall–Kier alpha value is -0.150. The minimum atomic E-state index is -0.636. The van der Waals surface area contributed by atoms with Crippen LogP contribution in [0, 0.1) is 0 Å². The van der Waals surface area contributed by atoms with Crippen molar-refractivity contribution >= 4 is 37.6 Å². The Bertz CT molecular complexity index is 399. The fraction of sp³-hybridized carbons (Fsp3) is 0.500. The van der Waals surface area contributed by atoms with Gasteiger partial charge in [-0.25, -0.2) is 0 Å². The van der Waals surface area contributed by atoms with Crippen LogP contribution in [0.2, 0.25) is 0 Å². The molecule has 0 atom stereocenters. The largest absolute Gasteiger partial charge is 0.292 e. The summed E-state index contributed by atoms with van der Waals surface area (Å²) in [4.78, 5) is 12.2. The van der Waals surface area contributed by atoms with E-state index in [2.05, 4.69) is 52.6 Å². The first-order valence-electron chi connectivity index (χ1n) is 5.71. The molecular formula is C14H18Br2O. The molecule has 0 radical (unpaired) electrons. The lowest BCUT2D eigenvalue weighted by Gasteiger charge is -2.20. The van der Waals surface area contributed by atoms with Crippen molar-refractivity contribution in [2.24, 2.45) is 0 Å². The van der Waals surface area contributed by atoms with Gasteiger partial charge < -0.3 is 0 Å². The van der Waals surface area contributed by atoms with E-state index in [4.69, 9.17) is 0 Å². The summed E-state index contributed by atoms with van der Waals surface area (Å²) >= 11 is 6.82. The van der Waals surface area contributed by atoms with Gasteiger partial charge in [-0.1, -0.05) is 83.8 Å². The number of hydrogen-bond acceptors (Lipinski definition) is 1. The Morgan fingerprint density at radius 2 is 1.59 bits per heavy atom. The number of carbonyl (C=O) groups excluding carboxylic acids is 1. The van der Waals surface area contributed by atoms with Gasteiger partial charge in [0.1, 0.15) is 3.23 Å². The molecule has 0 saturated heterocycles. The number of carbonyl (C=O) groups is 1. The Labute approximate surface area is 120 Å². The van der Waals surface area contributed by atoms with Crippen LogP contribution in [-0.2, 0) is 5.41 Å². The third-order valence-corrected chi connectivity index (χ3v) is 4.63. The molecule has 17 heavy (non-hydrogen) atoms. The van der Waals surface area contributed by atoms with E-state index in [0.717, 1.165) is 5.56 Å².